The molecule has 0 radical (unpaired) electrons. The third-order valence-electron chi connectivity index (χ3n) is 2.49. The third kappa shape index (κ3) is 2.51. The zero-order valence-electron chi connectivity index (χ0n) is 9.57. The number of hydrogen-bond acceptors (Lipinski definition) is 4. The molecule has 1 aromatic rings. The Morgan fingerprint density at radius 3 is 2.94 bits per heavy atom. The van der Waals surface area contributed by atoms with Crippen molar-refractivity contribution in [3.8, 4) is 29.9 Å². The second kappa shape index (κ2) is 5.64. The summed E-state index contributed by atoms with van der Waals surface area (Å²) in [6.07, 6.45) is 5.16. The van der Waals surface area contributed by atoms with Gasteiger partial charge in [-0.25, -0.2) is 0 Å². The van der Waals surface area contributed by atoms with Crippen LogP contribution in [0.25, 0.3) is 0 Å². The summed E-state index contributed by atoms with van der Waals surface area (Å²) in [5, 5.41) is 12.5. The first-order chi connectivity index (χ1) is 8.76. The summed E-state index contributed by atoms with van der Waals surface area (Å²) < 4.78 is 10.9. The lowest BCUT2D eigenvalue weighted by Gasteiger charge is -2.21. The van der Waals surface area contributed by atoms with Crippen LogP contribution in [0.15, 0.2) is 12.1 Å². The average Bonchev–Trinajstić information content (AvgIpc) is 2.40. The Hall–Kier alpha value is -1.88. The molecular formula is C13H11ClN2O2. The van der Waals surface area contributed by atoms with Crippen molar-refractivity contribution in [1.29, 1.82) is 5.26 Å². The number of halogens is 1. The number of nitriles is 1. The fraction of sp³-hybridized carbons (Fsp3) is 0.308. The number of rotatable bonds is 3. The number of nitrogens with one attached hydrogen (secondary N) is 1. The Labute approximate surface area is 110 Å². The number of fused-ring (bicyclic) bond motifs is 1. The summed E-state index contributed by atoms with van der Waals surface area (Å²) in [5.74, 6) is 3.52. The van der Waals surface area contributed by atoms with Crippen molar-refractivity contribution < 1.29 is 9.47 Å². The molecule has 92 valence electrons. The highest BCUT2D eigenvalue weighted by Gasteiger charge is 2.19. The summed E-state index contributed by atoms with van der Waals surface area (Å²) in [6.45, 7) is 1.26. The maximum atomic E-state index is 9.10. The van der Waals surface area contributed by atoms with Crippen LogP contribution in [-0.2, 0) is 0 Å². The quantitative estimate of drug-likeness (QED) is 0.846. The van der Waals surface area contributed by atoms with Gasteiger partial charge in [-0.1, -0.05) is 17.5 Å². The Morgan fingerprint density at radius 1 is 1.44 bits per heavy atom. The summed E-state index contributed by atoms with van der Waals surface area (Å²) in [7, 11) is 0. The molecule has 0 bridgehead atoms. The SMILES string of the molecule is C#CCNC(C#N)c1cc(Cl)c2c(c1)OCCO2. The predicted octanol–water partition coefficient (Wildman–Crippen LogP) is 1.90. The zero-order valence-corrected chi connectivity index (χ0v) is 10.3. The molecule has 1 aromatic carbocycles. The predicted molar refractivity (Wildman–Crippen MR) is 67.6 cm³/mol. The molecule has 2 rings (SSSR count). The van der Waals surface area contributed by atoms with Crippen molar-refractivity contribution >= 4 is 11.6 Å². The molecule has 4 nitrogen and oxygen atoms in total. The summed E-state index contributed by atoms with van der Waals surface area (Å²) in [4.78, 5) is 0. The Balaban J connectivity index is 2.31. The zero-order chi connectivity index (χ0) is 13.0. The lowest BCUT2D eigenvalue weighted by atomic mass is 10.1. The third-order valence-corrected chi connectivity index (χ3v) is 2.77. The maximum Gasteiger partial charge on any atom is 0.179 e. The van der Waals surface area contributed by atoms with E-state index in [1.54, 1.807) is 12.1 Å². The highest BCUT2D eigenvalue weighted by molar-refractivity contribution is 6.32. The molecule has 1 aliphatic heterocycles. The van der Waals surface area contributed by atoms with Gasteiger partial charge in [-0.3, -0.25) is 5.32 Å². The maximum absolute atomic E-state index is 9.10. The van der Waals surface area contributed by atoms with E-state index in [1.165, 1.54) is 0 Å². The molecule has 0 aliphatic carbocycles. The molecule has 1 atom stereocenters. The minimum absolute atomic E-state index is 0.310. The topological polar surface area (TPSA) is 54.3 Å². The molecule has 1 aliphatic rings. The van der Waals surface area contributed by atoms with Gasteiger partial charge in [0.25, 0.3) is 0 Å². The van der Waals surface area contributed by atoms with E-state index in [0.717, 1.165) is 0 Å². The summed E-state index contributed by atoms with van der Waals surface area (Å²) >= 11 is 6.10. The van der Waals surface area contributed by atoms with Crippen molar-refractivity contribution in [2.24, 2.45) is 0 Å². The molecule has 18 heavy (non-hydrogen) atoms. The van der Waals surface area contributed by atoms with E-state index in [-0.39, 0.29) is 0 Å². The first kappa shape index (κ1) is 12.6. The van der Waals surface area contributed by atoms with E-state index in [2.05, 4.69) is 17.3 Å². The number of ether oxygens (including phenoxy) is 2. The van der Waals surface area contributed by atoms with Gasteiger partial charge in [0.05, 0.1) is 17.6 Å². The standard InChI is InChI=1S/C13H11ClN2O2/c1-2-3-16-11(8-15)9-6-10(14)13-12(7-9)17-4-5-18-13/h1,6-7,11,16H,3-5H2. The molecule has 1 N–H and O–H groups in total. The van der Waals surface area contributed by atoms with Crippen molar-refractivity contribution in [2.45, 2.75) is 6.04 Å². The van der Waals surface area contributed by atoms with E-state index in [4.69, 9.17) is 32.8 Å². The highest BCUT2D eigenvalue weighted by Crippen LogP contribution is 2.39. The molecule has 0 fully saturated rings. The van der Waals surface area contributed by atoms with Gasteiger partial charge >= 0.3 is 0 Å². The molecule has 0 amide bonds. The molecular weight excluding hydrogens is 252 g/mol. The van der Waals surface area contributed by atoms with E-state index in [1.807, 2.05) is 0 Å². The highest BCUT2D eigenvalue weighted by atomic mass is 35.5. The van der Waals surface area contributed by atoms with Gasteiger partial charge in [-0.2, -0.15) is 5.26 Å². The van der Waals surface area contributed by atoms with E-state index in [9.17, 15) is 0 Å². The van der Waals surface area contributed by atoms with Crippen molar-refractivity contribution in [3.05, 3.63) is 22.7 Å². The van der Waals surface area contributed by atoms with Gasteiger partial charge in [0.1, 0.15) is 19.3 Å². The second-order valence-corrected chi connectivity index (χ2v) is 4.08. The van der Waals surface area contributed by atoms with Crippen LogP contribution in [0.1, 0.15) is 11.6 Å². The van der Waals surface area contributed by atoms with Crippen LogP contribution in [0.3, 0.4) is 0 Å². The lowest BCUT2D eigenvalue weighted by Crippen LogP contribution is -2.21. The van der Waals surface area contributed by atoms with E-state index in [0.29, 0.717) is 41.8 Å². The molecule has 0 spiro atoms. The molecule has 0 aromatic heterocycles. The Morgan fingerprint density at radius 2 is 2.22 bits per heavy atom. The monoisotopic (exact) mass is 262 g/mol. The minimum Gasteiger partial charge on any atom is -0.486 e. The molecule has 1 heterocycles. The molecule has 0 saturated heterocycles. The fourth-order valence-electron chi connectivity index (χ4n) is 1.70. The minimum atomic E-state index is -0.519. The van der Waals surface area contributed by atoms with Crippen LogP contribution >= 0.6 is 11.6 Å². The number of hydrogen-bond donors (Lipinski definition) is 1. The Bertz CT molecular complexity index is 531. The van der Waals surface area contributed by atoms with Crippen LogP contribution in [0.2, 0.25) is 5.02 Å². The van der Waals surface area contributed by atoms with Crippen LogP contribution in [-0.4, -0.2) is 19.8 Å². The second-order valence-electron chi connectivity index (χ2n) is 3.67. The van der Waals surface area contributed by atoms with Gasteiger partial charge in [-0.05, 0) is 17.7 Å². The number of terminal acetylenes is 1. The van der Waals surface area contributed by atoms with Crippen LogP contribution in [0, 0.1) is 23.7 Å². The smallest absolute Gasteiger partial charge is 0.179 e. The van der Waals surface area contributed by atoms with Gasteiger partial charge in [0.15, 0.2) is 11.5 Å². The number of benzene rings is 1. The van der Waals surface area contributed by atoms with E-state index < -0.39 is 6.04 Å². The first-order valence-electron chi connectivity index (χ1n) is 5.41. The summed E-state index contributed by atoms with van der Waals surface area (Å²) in [6, 6.07) is 5.04. The average molecular weight is 263 g/mol. The van der Waals surface area contributed by atoms with Crippen LogP contribution in [0.5, 0.6) is 11.5 Å². The van der Waals surface area contributed by atoms with Gasteiger partial charge < -0.3 is 9.47 Å². The van der Waals surface area contributed by atoms with Crippen LogP contribution < -0.4 is 14.8 Å². The van der Waals surface area contributed by atoms with Crippen molar-refractivity contribution in [2.75, 3.05) is 19.8 Å². The van der Waals surface area contributed by atoms with Gasteiger partial charge in [0, 0.05) is 0 Å². The molecule has 5 heteroatoms. The van der Waals surface area contributed by atoms with Crippen LogP contribution in [0.4, 0.5) is 0 Å². The number of nitrogens with zero attached hydrogens (tertiary/aromatic N) is 1. The largest absolute Gasteiger partial charge is 0.486 e. The fourth-order valence-corrected chi connectivity index (χ4v) is 1.97. The molecule has 1 unspecified atom stereocenters. The van der Waals surface area contributed by atoms with Crippen molar-refractivity contribution in [3.63, 3.8) is 0 Å². The van der Waals surface area contributed by atoms with Gasteiger partial charge in [0.2, 0.25) is 0 Å². The lowest BCUT2D eigenvalue weighted by molar-refractivity contribution is 0.171. The van der Waals surface area contributed by atoms with E-state index >= 15 is 0 Å². The summed E-state index contributed by atoms with van der Waals surface area (Å²) in [5.41, 5.74) is 0.710. The van der Waals surface area contributed by atoms with Gasteiger partial charge in [-0.15, -0.1) is 6.42 Å². The molecule has 0 saturated carbocycles. The van der Waals surface area contributed by atoms with Crippen molar-refractivity contribution in [1.82, 2.24) is 5.32 Å². The Kier molecular flexibility index (Phi) is 3.94. The first-order valence-corrected chi connectivity index (χ1v) is 5.79. The normalized spacial score (nSPS) is 14.4.